The lowest BCUT2D eigenvalue weighted by molar-refractivity contribution is 1.56. The van der Waals surface area contributed by atoms with Crippen molar-refractivity contribution in [3.05, 3.63) is 55.4 Å². The molecule has 0 saturated carbocycles. The molecule has 0 aromatic heterocycles. The summed E-state index contributed by atoms with van der Waals surface area (Å²) in [5.41, 5.74) is 2.15. The van der Waals surface area contributed by atoms with Gasteiger partial charge in [-0.25, -0.2) is 0 Å². The fourth-order valence-corrected chi connectivity index (χ4v) is 3.21. The molecule has 16 heavy (non-hydrogen) atoms. The second kappa shape index (κ2) is 5.09. The van der Waals surface area contributed by atoms with Crippen LogP contribution < -0.4 is 0 Å². The predicted octanol–water partition coefficient (Wildman–Crippen LogP) is 6.19. The van der Waals surface area contributed by atoms with Crippen LogP contribution in [0.25, 0.3) is 11.1 Å². The van der Waals surface area contributed by atoms with Crippen LogP contribution in [0, 0.1) is 0 Å². The van der Waals surface area contributed by atoms with Gasteiger partial charge in [0.25, 0.3) is 0 Å². The summed E-state index contributed by atoms with van der Waals surface area (Å²) < 4.78 is 1.92. The molecule has 82 valence electrons. The molecule has 0 spiro atoms. The smallest absolute Gasteiger partial charge is 0.0417 e. The second-order valence-electron chi connectivity index (χ2n) is 3.25. The van der Waals surface area contributed by atoms with Crippen LogP contribution in [0.2, 0.25) is 10.0 Å². The summed E-state index contributed by atoms with van der Waals surface area (Å²) in [6.07, 6.45) is 0. The van der Waals surface area contributed by atoms with Crippen LogP contribution in [0.1, 0.15) is 0 Å². The monoisotopic (exact) mass is 378 g/mol. The third-order valence-corrected chi connectivity index (χ3v) is 3.93. The summed E-state index contributed by atoms with van der Waals surface area (Å²) in [7, 11) is 0. The average molecular weight is 381 g/mol. The van der Waals surface area contributed by atoms with Crippen LogP contribution in [0.3, 0.4) is 0 Å². The van der Waals surface area contributed by atoms with E-state index in [0.29, 0.717) is 10.0 Å². The molecule has 0 aliphatic carbocycles. The summed E-state index contributed by atoms with van der Waals surface area (Å²) in [5, 5.41) is 1.42. The lowest BCUT2D eigenvalue weighted by Crippen LogP contribution is -1.82. The van der Waals surface area contributed by atoms with E-state index in [1.165, 1.54) is 0 Å². The average Bonchev–Trinajstić information content (AvgIpc) is 2.19. The molecule has 4 heteroatoms. The van der Waals surface area contributed by atoms with Crippen molar-refractivity contribution in [3.63, 3.8) is 0 Å². The van der Waals surface area contributed by atoms with Gasteiger partial charge in [0.2, 0.25) is 0 Å². The molecule has 0 amide bonds. The Hall–Kier alpha value is -0.0200. The van der Waals surface area contributed by atoms with Gasteiger partial charge in [-0.2, -0.15) is 0 Å². The molecule has 0 aliphatic heterocycles. The molecular weight excluding hydrogens is 375 g/mol. The van der Waals surface area contributed by atoms with Crippen molar-refractivity contribution < 1.29 is 0 Å². The minimum absolute atomic E-state index is 0.709. The summed E-state index contributed by atoms with van der Waals surface area (Å²) in [4.78, 5) is 0. The zero-order chi connectivity index (χ0) is 11.7. The molecule has 0 atom stereocenters. The maximum Gasteiger partial charge on any atom is 0.0417 e. The molecule has 0 bridgehead atoms. The highest BCUT2D eigenvalue weighted by atomic mass is 79.9. The first-order chi connectivity index (χ1) is 7.58. The molecule has 0 heterocycles. The van der Waals surface area contributed by atoms with E-state index < -0.39 is 0 Å². The minimum Gasteiger partial charge on any atom is -0.0843 e. The Morgan fingerprint density at radius 2 is 1.06 bits per heavy atom. The van der Waals surface area contributed by atoms with E-state index in [-0.39, 0.29) is 0 Å². The van der Waals surface area contributed by atoms with Crippen molar-refractivity contribution >= 4 is 55.1 Å². The van der Waals surface area contributed by atoms with E-state index in [1.807, 2.05) is 36.4 Å². The first-order valence-electron chi connectivity index (χ1n) is 4.48. The predicted molar refractivity (Wildman–Crippen MR) is 77.3 cm³/mol. The van der Waals surface area contributed by atoms with E-state index >= 15 is 0 Å². The van der Waals surface area contributed by atoms with E-state index in [2.05, 4.69) is 31.9 Å². The quantitative estimate of drug-likeness (QED) is 0.553. The maximum absolute atomic E-state index is 5.91. The fourth-order valence-electron chi connectivity index (χ4n) is 1.42. The number of halogens is 4. The van der Waals surface area contributed by atoms with Crippen molar-refractivity contribution in [1.82, 2.24) is 0 Å². The molecular formula is C12H6Br2Cl2. The Kier molecular flexibility index (Phi) is 3.96. The molecule has 2 aromatic rings. The van der Waals surface area contributed by atoms with Crippen LogP contribution >= 0.6 is 55.1 Å². The Labute approximate surface area is 121 Å². The van der Waals surface area contributed by atoms with Crippen LogP contribution in [-0.2, 0) is 0 Å². The fraction of sp³-hybridized carbons (Fsp3) is 0. The van der Waals surface area contributed by atoms with Crippen molar-refractivity contribution in [2.45, 2.75) is 0 Å². The highest BCUT2D eigenvalue weighted by molar-refractivity contribution is 9.11. The van der Waals surface area contributed by atoms with Crippen LogP contribution in [0.4, 0.5) is 0 Å². The van der Waals surface area contributed by atoms with Crippen LogP contribution in [-0.4, -0.2) is 0 Å². The van der Waals surface area contributed by atoms with Crippen molar-refractivity contribution in [2.75, 3.05) is 0 Å². The zero-order valence-electron chi connectivity index (χ0n) is 7.98. The van der Waals surface area contributed by atoms with E-state index in [0.717, 1.165) is 20.1 Å². The van der Waals surface area contributed by atoms with Gasteiger partial charge in [-0.15, -0.1) is 0 Å². The molecule has 0 aliphatic rings. The van der Waals surface area contributed by atoms with E-state index in [1.54, 1.807) is 0 Å². The normalized spacial score (nSPS) is 10.5. The standard InChI is InChI=1S/C12H6Br2Cl2/c13-11-5-7(15)1-3-9(11)10-4-2-8(16)6-12(10)14/h1-6H. The van der Waals surface area contributed by atoms with Crippen molar-refractivity contribution in [3.8, 4) is 11.1 Å². The molecule has 2 aromatic carbocycles. The lowest BCUT2D eigenvalue weighted by Gasteiger charge is -2.08. The van der Waals surface area contributed by atoms with Crippen molar-refractivity contribution in [1.29, 1.82) is 0 Å². The third kappa shape index (κ3) is 2.62. The Morgan fingerprint density at radius 1 is 0.688 bits per heavy atom. The highest BCUT2D eigenvalue weighted by Gasteiger charge is 2.07. The van der Waals surface area contributed by atoms with Gasteiger partial charge in [0.05, 0.1) is 0 Å². The molecule has 2 rings (SSSR count). The zero-order valence-corrected chi connectivity index (χ0v) is 12.7. The summed E-state index contributed by atoms with van der Waals surface area (Å²) in [6.45, 7) is 0. The Morgan fingerprint density at radius 3 is 1.38 bits per heavy atom. The number of rotatable bonds is 1. The van der Waals surface area contributed by atoms with Gasteiger partial charge in [0, 0.05) is 19.0 Å². The molecule has 0 saturated heterocycles. The molecule has 0 fully saturated rings. The second-order valence-corrected chi connectivity index (χ2v) is 5.83. The number of hydrogen-bond donors (Lipinski definition) is 0. The van der Waals surface area contributed by atoms with Gasteiger partial charge >= 0.3 is 0 Å². The minimum atomic E-state index is 0.709. The van der Waals surface area contributed by atoms with Gasteiger partial charge in [-0.1, -0.05) is 67.2 Å². The largest absolute Gasteiger partial charge is 0.0843 e. The SMILES string of the molecule is Clc1ccc(-c2ccc(Cl)cc2Br)c(Br)c1. The number of hydrogen-bond acceptors (Lipinski definition) is 0. The molecule has 0 nitrogen and oxygen atoms in total. The van der Waals surface area contributed by atoms with Gasteiger partial charge < -0.3 is 0 Å². The third-order valence-electron chi connectivity index (χ3n) is 2.15. The lowest BCUT2D eigenvalue weighted by atomic mass is 10.1. The molecule has 0 radical (unpaired) electrons. The summed E-state index contributed by atoms with van der Waals surface area (Å²) in [5.74, 6) is 0. The van der Waals surface area contributed by atoms with E-state index in [4.69, 9.17) is 23.2 Å². The van der Waals surface area contributed by atoms with Gasteiger partial charge in [0.1, 0.15) is 0 Å². The van der Waals surface area contributed by atoms with Crippen LogP contribution in [0.15, 0.2) is 45.3 Å². The summed E-state index contributed by atoms with van der Waals surface area (Å²) >= 11 is 18.8. The van der Waals surface area contributed by atoms with Gasteiger partial charge in [-0.05, 0) is 35.4 Å². The Balaban J connectivity index is 2.59. The Bertz CT molecular complexity index is 489. The molecule has 0 N–H and O–H groups in total. The van der Waals surface area contributed by atoms with Crippen molar-refractivity contribution in [2.24, 2.45) is 0 Å². The number of benzene rings is 2. The van der Waals surface area contributed by atoms with Gasteiger partial charge in [0.15, 0.2) is 0 Å². The first kappa shape index (κ1) is 12.4. The van der Waals surface area contributed by atoms with E-state index in [9.17, 15) is 0 Å². The topological polar surface area (TPSA) is 0 Å². The highest BCUT2D eigenvalue weighted by Crippen LogP contribution is 2.36. The van der Waals surface area contributed by atoms with Gasteiger partial charge in [-0.3, -0.25) is 0 Å². The first-order valence-corrected chi connectivity index (χ1v) is 6.82. The summed E-state index contributed by atoms with van der Waals surface area (Å²) in [6, 6.07) is 11.4. The molecule has 0 unspecified atom stereocenters. The van der Waals surface area contributed by atoms with Crippen LogP contribution in [0.5, 0.6) is 0 Å². The maximum atomic E-state index is 5.91.